The zero-order valence-electron chi connectivity index (χ0n) is 12.8. The fourth-order valence-corrected chi connectivity index (χ4v) is 3.08. The van der Waals surface area contributed by atoms with E-state index in [9.17, 15) is 9.59 Å². The maximum absolute atomic E-state index is 13.0. The molecule has 4 nitrogen and oxygen atoms in total. The van der Waals surface area contributed by atoms with Crippen LogP contribution in [0.5, 0.6) is 0 Å². The minimum Gasteiger partial charge on any atom is -0.399 e. The molecule has 1 amide bonds. The number of nitrogens with two attached hydrogens (primary N) is 1. The van der Waals surface area contributed by atoms with Gasteiger partial charge >= 0.3 is 0 Å². The summed E-state index contributed by atoms with van der Waals surface area (Å²) in [6, 6.07) is 10.3. The largest absolute Gasteiger partial charge is 0.399 e. The number of hydrogen-bond acceptors (Lipinski definition) is 3. The second-order valence-corrected chi connectivity index (χ2v) is 6.16. The molecule has 0 fully saturated rings. The molecule has 3 rings (SSSR count). The highest BCUT2D eigenvalue weighted by molar-refractivity contribution is 6.31. The molecular formula is C18H17ClN2O2. The molecule has 0 aromatic heterocycles. The van der Waals surface area contributed by atoms with Gasteiger partial charge in [0.1, 0.15) is 0 Å². The highest BCUT2D eigenvalue weighted by Gasteiger charge is 2.26. The Labute approximate surface area is 139 Å². The number of ketones is 1. The Bertz CT molecular complexity index is 802. The smallest absolute Gasteiger partial charge is 0.258 e. The SMILES string of the molecule is Cc1cc(N)ccc1C(=O)N1CCCC(=O)c2cc(Cl)ccc21. The van der Waals surface area contributed by atoms with Crippen LogP contribution in [0.25, 0.3) is 0 Å². The maximum Gasteiger partial charge on any atom is 0.258 e. The van der Waals surface area contributed by atoms with Gasteiger partial charge in [-0.15, -0.1) is 0 Å². The molecule has 1 aliphatic rings. The quantitative estimate of drug-likeness (QED) is 0.809. The highest BCUT2D eigenvalue weighted by atomic mass is 35.5. The minimum atomic E-state index is -0.124. The molecule has 1 aliphatic heterocycles. The number of halogens is 1. The number of aryl methyl sites for hydroxylation is 1. The van der Waals surface area contributed by atoms with Crippen molar-refractivity contribution in [2.24, 2.45) is 0 Å². The van der Waals surface area contributed by atoms with E-state index in [-0.39, 0.29) is 11.7 Å². The lowest BCUT2D eigenvalue weighted by atomic mass is 10.0. The number of anilines is 2. The third-order valence-electron chi connectivity index (χ3n) is 4.06. The molecule has 5 heteroatoms. The van der Waals surface area contributed by atoms with E-state index in [0.29, 0.717) is 46.9 Å². The number of fused-ring (bicyclic) bond motifs is 1. The van der Waals surface area contributed by atoms with Crippen LogP contribution in [0.2, 0.25) is 5.02 Å². The Morgan fingerprint density at radius 2 is 2.00 bits per heavy atom. The van der Waals surface area contributed by atoms with Crippen LogP contribution in [0, 0.1) is 6.92 Å². The van der Waals surface area contributed by atoms with Crippen LogP contribution >= 0.6 is 11.6 Å². The average molecular weight is 329 g/mol. The Hall–Kier alpha value is -2.33. The van der Waals surface area contributed by atoms with Gasteiger partial charge in [0.15, 0.2) is 5.78 Å². The van der Waals surface area contributed by atoms with Gasteiger partial charge in [-0.1, -0.05) is 11.6 Å². The number of carbonyl (C=O) groups is 2. The first-order chi connectivity index (χ1) is 11.0. The zero-order valence-corrected chi connectivity index (χ0v) is 13.6. The monoisotopic (exact) mass is 328 g/mol. The molecule has 0 spiro atoms. The Kier molecular flexibility index (Phi) is 4.09. The van der Waals surface area contributed by atoms with Crippen molar-refractivity contribution in [1.29, 1.82) is 0 Å². The lowest BCUT2D eigenvalue weighted by molar-refractivity contribution is 0.0973. The minimum absolute atomic E-state index is 0.0202. The molecule has 0 saturated carbocycles. The van der Waals surface area contributed by atoms with Gasteiger partial charge in [0.2, 0.25) is 0 Å². The van der Waals surface area contributed by atoms with Gasteiger partial charge in [0, 0.05) is 34.8 Å². The van der Waals surface area contributed by atoms with E-state index in [1.807, 2.05) is 6.92 Å². The maximum atomic E-state index is 13.0. The van der Waals surface area contributed by atoms with Crippen molar-refractivity contribution in [3.8, 4) is 0 Å². The molecule has 0 aliphatic carbocycles. The molecule has 1 heterocycles. The normalized spacial score (nSPS) is 14.3. The summed E-state index contributed by atoms with van der Waals surface area (Å²) in [4.78, 5) is 26.9. The topological polar surface area (TPSA) is 63.4 Å². The van der Waals surface area contributed by atoms with Crippen molar-refractivity contribution in [3.63, 3.8) is 0 Å². The summed E-state index contributed by atoms with van der Waals surface area (Å²) < 4.78 is 0. The number of nitrogens with zero attached hydrogens (tertiary/aromatic N) is 1. The number of hydrogen-bond donors (Lipinski definition) is 1. The standard InChI is InChI=1S/C18H17ClN2O2/c1-11-9-13(20)5-6-14(11)18(23)21-8-2-3-17(22)15-10-12(19)4-7-16(15)21/h4-7,9-10H,2-3,8,20H2,1H3. The first-order valence-corrected chi connectivity index (χ1v) is 7.86. The van der Waals surface area contributed by atoms with Gasteiger partial charge in [-0.2, -0.15) is 0 Å². The number of benzene rings is 2. The van der Waals surface area contributed by atoms with Crippen LogP contribution in [0.4, 0.5) is 11.4 Å². The molecule has 0 unspecified atom stereocenters. The molecule has 0 bridgehead atoms. The predicted molar refractivity (Wildman–Crippen MR) is 92.3 cm³/mol. The summed E-state index contributed by atoms with van der Waals surface area (Å²) in [5.41, 5.74) is 8.93. The average Bonchev–Trinajstić information content (AvgIpc) is 2.66. The van der Waals surface area contributed by atoms with Crippen molar-refractivity contribution in [1.82, 2.24) is 0 Å². The van der Waals surface area contributed by atoms with Gasteiger partial charge < -0.3 is 10.6 Å². The summed E-state index contributed by atoms with van der Waals surface area (Å²) in [6.07, 6.45) is 1.04. The zero-order chi connectivity index (χ0) is 16.6. The third kappa shape index (κ3) is 2.94. The van der Waals surface area contributed by atoms with Gasteiger partial charge in [-0.3, -0.25) is 9.59 Å². The van der Waals surface area contributed by atoms with E-state index in [1.165, 1.54) is 0 Å². The summed E-state index contributed by atoms with van der Waals surface area (Å²) in [5.74, 6) is -0.104. The van der Waals surface area contributed by atoms with Crippen LogP contribution < -0.4 is 10.6 Å². The number of nitrogen functional groups attached to an aromatic ring is 1. The molecular weight excluding hydrogens is 312 g/mol. The van der Waals surface area contributed by atoms with Crippen molar-refractivity contribution in [2.45, 2.75) is 19.8 Å². The van der Waals surface area contributed by atoms with Gasteiger partial charge in [-0.05, 0) is 55.3 Å². The second-order valence-electron chi connectivity index (χ2n) is 5.72. The number of amides is 1. The van der Waals surface area contributed by atoms with Crippen molar-refractivity contribution < 1.29 is 9.59 Å². The fraction of sp³-hybridized carbons (Fsp3) is 0.222. The summed E-state index contributed by atoms with van der Waals surface area (Å²) in [5, 5.41) is 0.495. The van der Waals surface area contributed by atoms with Crippen LogP contribution in [0.15, 0.2) is 36.4 Å². The molecule has 0 atom stereocenters. The van der Waals surface area contributed by atoms with Crippen molar-refractivity contribution in [3.05, 3.63) is 58.1 Å². The van der Waals surface area contributed by atoms with Crippen LogP contribution in [0.1, 0.15) is 39.1 Å². The third-order valence-corrected chi connectivity index (χ3v) is 4.30. The molecule has 0 radical (unpaired) electrons. The summed E-state index contributed by atoms with van der Waals surface area (Å²) in [6.45, 7) is 2.36. The van der Waals surface area contributed by atoms with Crippen molar-refractivity contribution >= 4 is 34.7 Å². The number of carbonyl (C=O) groups excluding carboxylic acids is 2. The van der Waals surface area contributed by atoms with E-state index in [1.54, 1.807) is 41.3 Å². The van der Waals surface area contributed by atoms with E-state index >= 15 is 0 Å². The molecule has 2 N–H and O–H groups in total. The second kappa shape index (κ2) is 6.05. The lowest BCUT2D eigenvalue weighted by Gasteiger charge is -2.23. The molecule has 118 valence electrons. The predicted octanol–water partition coefficient (Wildman–Crippen LogP) is 3.85. The molecule has 2 aromatic carbocycles. The molecule has 2 aromatic rings. The Morgan fingerprint density at radius 3 is 2.74 bits per heavy atom. The lowest BCUT2D eigenvalue weighted by Crippen LogP contribution is -2.32. The number of rotatable bonds is 1. The highest BCUT2D eigenvalue weighted by Crippen LogP contribution is 2.30. The van der Waals surface area contributed by atoms with Crippen LogP contribution in [-0.2, 0) is 0 Å². The number of Topliss-reactive ketones (excluding diaryl/α,β-unsaturated/α-hetero) is 1. The molecule has 0 saturated heterocycles. The summed E-state index contributed by atoms with van der Waals surface area (Å²) in [7, 11) is 0. The molecule has 23 heavy (non-hydrogen) atoms. The van der Waals surface area contributed by atoms with Crippen LogP contribution in [-0.4, -0.2) is 18.2 Å². The van der Waals surface area contributed by atoms with E-state index in [0.717, 1.165) is 5.56 Å². The summed E-state index contributed by atoms with van der Waals surface area (Å²) >= 11 is 6.01. The van der Waals surface area contributed by atoms with E-state index in [4.69, 9.17) is 17.3 Å². The van der Waals surface area contributed by atoms with Gasteiger partial charge in [0.25, 0.3) is 5.91 Å². The van der Waals surface area contributed by atoms with E-state index < -0.39 is 0 Å². The fourth-order valence-electron chi connectivity index (χ4n) is 2.90. The van der Waals surface area contributed by atoms with Crippen LogP contribution in [0.3, 0.4) is 0 Å². The van der Waals surface area contributed by atoms with E-state index in [2.05, 4.69) is 0 Å². The van der Waals surface area contributed by atoms with Gasteiger partial charge in [0.05, 0.1) is 5.69 Å². The van der Waals surface area contributed by atoms with Gasteiger partial charge in [-0.25, -0.2) is 0 Å². The first kappa shape index (κ1) is 15.6. The Morgan fingerprint density at radius 1 is 1.22 bits per heavy atom. The first-order valence-electron chi connectivity index (χ1n) is 7.48. The Balaban J connectivity index is 2.07. The van der Waals surface area contributed by atoms with Crippen molar-refractivity contribution in [2.75, 3.05) is 17.2 Å².